The van der Waals surface area contributed by atoms with E-state index in [1.54, 1.807) is 12.1 Å². The quantitative estimate of drug-likeness (QED) is 0.654. The van der Waals surface area contributed by atoms with Crippen LogP contribution in [-0.4, -0.2) is 23.3 Å². The number of benzene rings is 1. The van der Waals surface area contributed by atoms with Crippen molar-refractivity contribution in [2.24, 2.45) is 10.8 Å². The lowest BCUT2D eigenvalue weighted by Gasteiger charge is -2.43. The van der Waals surface area contributed by atoms with Gasteiger partial charge in [0.15, 0.2) is 0 Å². The lowest BCUT2D eigenvalue weighted by Crippen LogP contribution is -2.32. The smallest absolute Gasteiger partial charge is 0.309 e. The van der Waals surface area contributed by atoms with E-state index >= 15 is 0 Å². The maximum Gasteiger partial charge on any atom is 0.309 e. The van der Waals surface area contributed by atoms with E-state index in [1.165, 1.54) is 6.07 Å². The lowest BCUT2D eigenvalue weighted by molar-refractivity contribution is -0.156. The zero-order valence-electron chi connectivity index (χ0n) is 16.9. The Hall–Kier alpha value is -1.65. The first-order valence-corrected chi connectivity index (χ1v) is 10.1. The van der Waals surface area contributed by atoms with Crippen molar-refractivity contribution in [2.45, 2.75) is 65.6 Å². The zero-order valence-corrected chi connectivity index (χ0v) is 17.6. The van der Waals surface area contributed by atoms with Gasteiger partial charge in [0.2, 0.25) is 0 Å². The van der Waals surface area contributed by atoms with Gasteiger partial charge >= 0.3 is 5.97 Å². The summed E-state index contributed by atoms with van der Waals surface area (Å²) in [5, 5.41) is 9.96. The number of rotatable bonds is 3. The van der Waals surface area contributed by atoms with Crippen molar-refractivity contribution in [3.63, 3.8) is 0 Å². The van der Waals surface area contributed by atoms with E-state index < -0.39 is 18.0 Å². The summed E-state index contributed by atoms with van der Waals surface area (Å²) in [4.78, 5) is 11.6. The van der Waals surface area contributed by atoms with Crippen molar-refractivity contribution in [1.82, 2.24) is 0 Å². The van der Waals surface area contributed by atoms with Crippen molar-refractivity contribution in [3.8, 4) is 0 Å². The number of aliphatic hydroxyl groups excluding tert-OH is 1. The first kappa shape index (κ1) is 21.1. The predicted octanol–water partition coefficient (Wildman–Crippen LogP) is 5.70. The summed E-state index contributed by atoms with van der Waals surface area (Å²) in [6.45, 7) is 8.86. The molecule has 5 heteroatoms. The number of ether oxygens (including phenoxy) is 1. The van der Waals surface area contributed by atoms with Gasteiger partial charge in [-0.25, -0.2) is 4.39 Å². The van der Waals surface area contributed by atoms with Gasteiger partial charge in [-0.3, -0.25) is 4.79 Å². The fourth-order valence-electron chi connectivity index (χ4n) is 4.73. The van der Waals surface area contributed by atoms with Crippen molar-refractivity contribution >= 4 is 23.1 Å². The van der Waals surface area contributed by atoms with E-state index in [9.17, 15) is 14.3 Å². The predicted molar refractivity (Wildman–Crippen MR) is 109 cm³/mol. The number of carbonyl (C=O) groups is 1. The van der Waals surface area contributed by atoms with Crippen LogP contribution < -0.4 is 0 Å². The molecule has 1 saturated heterocycles. The summed E-state index contributed by atoms with van der Waals surface area (Å²) in [5.74, 6) is -0.808. The topological polar surface area (TPSA) is 46.5 Å². The molecular formula is C23H28ClFO3. The Morgan fingerprint density at radius 2 is 2.00 bits per heavy atom. The molecule has 0 aromatic heterocycles. The van der Waals surface area contributed by atoms with Gasteiger partial charge < -0.3 is 9.84 Å². The van der Waals surface area contributed by atoms with Crippen LogP contribution in [0.25, 0.3) is 5.57 Å². The molecule has 2 aliphatic rings. The van der Waals surface area contributed by atoms with Crippen molar-refractivity contribution in [3.05, 3.63) is 52.3 Å². The Morgan fingerprint density at radius 1 is 1.29 bits per heavy atom. The third kappa shape index (κ3) is 4.66. The molecule has 2 unspecified atom stereocenters. The van der Waals surface area contributed by atoms with Crippen molar-refractivity contribution < 1.29 is 19.0 Å². The number of hydrogen-bond acceptors (Lipinski definition) is 3. The standard InChI is InChI=1S/C23H28ClFO3/c1-22(2)12-17(14-5-8-20(25)19(24)9-14)18(23(3,4)13-22)7-6-16-10-15(26)11-21(27)28-16/h5-9,15-16,26H,10-13H2,1-4H3. The fourth-order valence-corrected chi connectivity index (χ4v) is 4.91. The number of hydrogen-bond donors (Lipinski definition) is 1. The average Bonchev–Trinajstić information content (AvgIpc) is 2.53. The molecule has 1 N–H and O–H groups in total. The van der Waals surface area contributed by atoms with E-state index in [4.69, 9.17) is 16.3 Å². The van der Waals surface area contributed by atoms with Gasteiger partial charge in [-0.1, -0.05) is 51.4 Å². The number of carbonyl (C=O) groups excluding carboxylic acids is 1. The molecule has 1 aliphatic heterocycles. The lowest BCUT2D eigenvalue weighted by atomic mass is 9.61. The number of esters is 1. The average molecular weight is 407 g/mol. The Balaban J connectivity index is 2.04. The highest BCUT2D eigenvalue weighted by Crippen LogP contribution is 2.52. The molecule has 3 rings (SSSR count). The highest BCUT2D eigenvalue weighted by molar-refractivity contribution is 6.30. The molecule has 1 aromatic rings. The first-order valence-electron chi connectivity index (χ1n) is 9.72. The summed E-state index contributed by atoms with van der Waals surface area (Å²) >= 11 is 6.05. The molecule has 1 aromatic carbocycles. The van der Waals surface area contributed by atoms with Gasteiger partial charge in [0.05, 0.1) is 17.5 Å². The third-order valence-electron chi connectivity index (χ3n) is 5.57. The maximum atomic E-state index is 13.7. The number of cyclic esters (lactones) is 1. The summed E-state index contributed by atoms with van der Waals surface area (Å²) < 4.78 is 19.1. The highest BCUT2D eigenvalue weighted by atomic mass is 35.5. The van der Waals surface area contributed by atoms with Crippen LogP contribution in [0, 0.1) is 16.6 Å². The molecule has 152 valence electrons. The van der Waals surface area contributed by atoms with Crippen LogP contribution >= 0.6 is 11.6 Å². The summed E-state index contributed by atoms with van der Waals surface area (Å²) in [5.41, 5.74) is 3.14. The van der Waals surface area contributed by atoms with E-state index in [1.807, 2.05) is 12.2 Å². The molecular weight excluding hydrogens is 379 g/mol. The Labute approximate surface area is 171 Å². The molecule has 1 heterocycles. The third-order valence-corrected chi connectivity index (χ3v) is 5.85. The van der Waals surface area contributed by atoms with Gasteiger partial charge in [-0.05, 0) is 58.6 Å². The number of allylic oxidation sites excluding steroid dienone is 3. The Kier molecular flexibility index (Phi) is 5.75. The maximum absolute atomic E-state index is 13.7. The summed E-state index contributed by atoms with van der Waals surface area (Å²) in [6.07, 6.45) is 5.05. The van der Waals surface area contributed by atoms with Crippen LogP contribution in [0.5, 0.6) is 0 Å². The van der Waals surface area contributed by atoms with Crippen LogP contribution in [-0.2, 0) is 9.53 Å². The molecule has 0 saturated carbocycles. The van der Waals surface area contributed by atoms with Crippen molar-refractivity contribution in [2.75, 3.05) is 0 Å². The molecule has 2 atom stereocenters. The monoisotopic (exact) mass is 406 g/mol. The minimum absolute atomic E-state index is 0.0477. The van der Waals surface area contributed by atoms with E-state index in [2.05, 4.69) is 27.7 Å². The molecule has 3 nitrogen and oxygen atoms in total. The second kappa shape index (κ2) is 7.64. The molecule has 1 fully saturated rings. The van der Waals surface area contributed by atoms with Gasteiger partial charge in [0, 0.05) is 6.42 Å². The van der Waals surface area contributed by atoms with Gasteiger partial charge in [-0.2, -0.15) is 0 Å². The summed E-state index contributed by atoms with van der Waals surface area (Å²) in [6, 6.07) is 4.86. The van der Waals surface area contributed by atoms with Crippen LogP contribution in [0.4, 0.5) is 4.39 Å². The Morgan fingerprint density at radius 3 is 2.64 bits per heavy atom. The molecule has 0 amide bonds. The van der Waals surface area contributed by atoms with E-state index in [-0.39, 0.29) is 28.2 Å². The number of aliphatic hydroxyl groups is 1. The van der Waals surface area contributed by atoms with Crippen LogP contribution in [0.15, 0.2) is 35.9 Å². The molecule has 28 heavy (non-hydrogen) atoms. The minimum atomic E-state index is -0.668. The van der Waals surface area contributed by atoms with Crippen LogP contribution in [0.2, 0.25) is 5.02 Å². The zero-order chi connectivity index (χ0) is 20.7. The van der Waals surface area contributed by atoms with Gasteiger partial charge in [0.1, 0.15) is 11.9 Å². The number of halogens is 2. The van der Waals surface area contributed by atoms with E-state index in [0.717, 1.165) is 29.6 Å². The molecule has 1 aliphatic carbocycles. The minimum Gasteiger partial charge on any atom is -0.458 e. The van der Waals surface area contributed by atoms with Crippen LogP contribution in [0.3, 0.4) is 0 Å². The molecule has 0 spiro atoms. The van der Waals surface area contributed by atoms with E-state index in [0.29, 0.717) is 6.42 Å². The van der Waals surface area contributed by atoms with Crippen molar-refractivity contribution in [1.29, 1.82) is 0 Å². The first-order chi connectivity index (χ1) is 13.0. The molecule has 0 bridgehead atoms. The van der Waals surface area contributed by atoms with Gasteiger partial charge in [0.25, 0.3) is 0 Å². The van der Waals surface area contributed by atoms with Gasteiger partial charge in [-0.15, -0.1) is 0 Å². The summed E-state index contributed by atoms with van der Waals surface area (Å²) in [7, 11) is 0. The fraction of sp³-hybridized carbons (Fsp3) is 0.522. The SMILES string of the molecule is CC1(C)CC(c2ccc(F)c(Cl)c2)=C(C=CC2CC(O)CC(=O)O2)C(C)(C)C1. The Bertz CT molecular complexity index is 838. The second-order valence-electron chi connectivity index (χ2n) is 9.40. The second-order valence-corrected chi connectivity index (χ2v) is 9.81. The van der Waals surface area contributed by atoms with Crippen LogP contribution in [0.1, 0.15) is 58.9 Å². The molecule has 0 radical (unpaired) electrons. The normalized spacial score (nSPS) is 27.2. The highest BCUT2D eigenvalue weighted by Gasteiger charge is 2.38. The largest absolute Gasteiger partial charge is 0.458 e.